The highest BCUT2D eigenvalue weighted by Gasteiger charge is 2.30. The van der Waals surface area contributed by atoms with Crippen molar-refractivity contribution in [2.24, 2.45) is 0 Å². The molecule has 3 aromatic rings. The topological polar surface area (TPSA) is 78.9 Å². The molecule has 19 heavy (non-hydrogen) atoms. The van der Waals surface area contributed by atoms with Gasteiger partial charge in [-0.1, -0.05) is 0 Å². The highest BCUT2D eigenvalue weighted by molar-refractivity contribution is 6.00. The molecule has 0 aliphatic heterocycles. The normalized spacial score (nSPS) is 12.4. The highest BCUT2D eigenvalue weighted by atomic mass is 19.4. The summed E-state index contributed by atoms with van der Waals surface area (Å²) < 4.78 is 42.5. The summed E-state index contributed by atoms with van der Waals surface area (Å²) in [5, 5.41) is 0.223. The van der Waals surface area contributed by atoms with Crippen molar-refractivity contribution in [1.82, 2.24) is 9.97 Å². The van der Waals surface area contributed by atoms with Crippen LogP contribution < -0.4 is 11.3 Å². The van der Waals surface area contributed by atoms with Gasteiger partial charge >= 0.3 is 11.9 Å². The summed E-state index contributed by atoms with van der Waals surface area (Å²) in [5.41, 5.74) is -1.81. The van der Waals surface area contributed by atoms with Crippen LogP contribution in [0.3, 0.4) is 0 Å². The van der Waals surface area contributed by atoms with Gasteiger partial charge in [-0.2, -0.15) is 13.2 Å². The maximum absolute atomic E-state index is 12.6. The van der Waals surface area contributed by atoms with Crippen molar-refractivity contribution in [2.75, 3.05) is 0 Å². The van der Waals surface area contributed by atoms with E-state index in [1.54, 1.807) is 0 Å². The summed E-state index contributed by atoms with van der Waals surface area (Å²) in [7, 11) is 0. The zero-order valence-corrected chi connectivity index (χ0v) is 9.09. The molecule has 2 heterocycles. The fourth-order valence-electron chi connectivity index (χ4n) is 1.88. The lowest BCUT2D eigenvalue weighted by Gasteiger charge is -2.07. The molecule has 2 aromatic heterocycles. The Morgan fingerprint density at radius 3 is 2.53 bits per heavy atom. The van der Waals surface area contributed by atoms with E-state index >= 15 is 0 Å². The molecule has 0 unspecified atom stereocenters. The minimum Gasteiger partial charge on any atom is -0.407 e. The van der Waals surface area contributed by atoms with Crippen LogP contribution in [0, 0.1) is 0 Å². The molecule has 0 aliphatic rings. The summed E-state index contributed by atoms with van der Waals surface area (Å²) in [6.07, 6.45) is -4.51. The number of hydrogen-bond donors (Lipinski definition) is 2. The molecular formula is C11H5F3N2O3. The Morgan fingerprint density at radius 2 is 1.84 bits per heavy atom. The second kappa shape index (κ2) is 3.50. The number of pyridine rings is 1. The summed E-state index contributed by atoms with van der Waals surface area (Å²) >= 11 is 0. The Bertz CT molecular complexity index is 901. The van der Waals surface area contributed by atoms with Crippen LogP contribution in [0.15, 0.2) is 32.2 Å². The van der Waals surface area contributed by atoms with Crippen LogP contribution in [0.5, 0.6) is 0 Å². The van der Waals surface area contributed by atoms with Gasteiger partial charge in [0.15, 0.2) is 11.1 Å². The van der Waals surface area contributed by atoms with E-state index in [0.717, 1.165) is 18.2 Å². The fraction of sp³-hybridized carbons (Fsp3) is 0.0909. The van der Waals surface area contributed by atoms with Crippen LogP contribution in [-0.2, 0) is 6.18 Å². The Hall–Kier alpha value is -2.51. The third kappa shape index (κ3) is 1.72. The van der Waals surface area contributed by atoms with Gasteiger partial charge in [0, 0.05) is 5.39 Å². The van der Waals surface area contributed by atoms with Gasteiger partial charge in [-0.3, -0.25) is 9.78 Å². The molecule has 5 nitrogen and oxygen atoms in total. The average Bonchev–Trinajstić information content (AvgIpc) is 2.70. The van der Waals surface area contributed by atoms with Crippen molar-refractivity contribution in [3.63, 3.8) is 0 Å². The molecule has 0 bridgehead atoms. The fourth-order valence-corrected chi connectivity index (χ4v) is 1.88. The SMILES string of the molecule is O=c1[nH]c2c(=O)[nH]c3cc(C(F)(F)F)ccc3c2o1. The van der Waals surface area contributed by atoms with E-state index in [-0.39, 0.29) is 22.0 Å². The number of benzene rings is 1. The van der Waals surface area contributed by atoms with E-state index in [2.05, 4.69) is 9.97 Å². The van der Waals surface area contributed by atoms with Gasteiger partial charge in [0.25, 0.3) is 5.56 Å². The van der Waals surface area contributed by atoms with Crippen LogP contribution in [0.1, 0.15) is 5.56 Å². The molecule has 0 atom stereocenters. The molecule has 0 radical (unpaired) electrons. The number of rotatable bonds is 0. The smallest absolute Gasteiger partial charge is 0.407 e. The molecule has 0 saturated heterocycles. The largest absolute Gasteiger partial charge is 0.417 e. The van der Waals surface area contributed by atoms with Crippen molar-refractivity contribution in [1.29, 1.82) is 0 Å². The molecule has 0 saturated carbocycles. The van der Waals surface area contributed by atoms with Crippen molar-refractivity contribution in [3.05, 3.63) is 44.7 Å². The second-order valence-corrected chi connectivity index (χ2v) is 3.93. The lowest BCUT2D eigenvalue weighted by molar-refractivity contribution is -0.137. The Morgan fingerprint density at radius 1 is 1.11 bits per heavy atom. The highest BCUT2D eigenvalue weighted by Crippen LogP contribution is 2.31. The summed E-state index contributed by atoms with van der Waals surface area (Å²) in [6, 6.07) is 2.80. The zero-order valence-electron chi connectivity index (χ0n) is 9.09. The molecule has 1 aromatic carbocycles. The minimum atomic E-state index is -4.51. The number of aromatic nitrogens is 2. The van der Waals surface area contributed by atoms with Gasteiger partial charge in [0.1, 0.15) is 0 Å². The Balaban J connectivity index is 2.46. The first-order valence-corrected chi connectivity index (χ1v) is 5.12. The Labute approximate surface area is 101 Å². The minimum absolute atomic E-state index is 0.0462. The van der Waals surface area contributed by atoms with Gasteiger partial charge in [-0.15, -0.1) is 0 Å². The van der Waals surface area contributed by atoms with Crippen molar-refractivity contribution >= 4 is 22.0 Å². The first kappa shape index (κ1) is 11.6. The van der Waals surface area contributed by atoms with Gasteiger partial charge < -0.3 is 9.40 Å². The molecule has 0 aliphatic carbocycles. The maximum Gasteiger partial charge on any atom is 0.417 e. The van der Waals surface area contributed by atoms with Crippen LogP contribution in [0.25, 0.3) is 22.0 Å². The predicted octanol–water partition coefficient (Wildman–Crippen LogP) is 1.98. The number of halogens is 3. The molecule has 2 N–H and O–H groups in total. The van der Waals surface area contributed by atoms with Crippen molar-refractivity contribution in [3.8, 4) is 0 Å². The second-order valence-electron chi connectivity index (χ2n) is 3.93. The van der Waals surface area contributed by atoms with Crippen molar-refractivity contribution < 1.29 is 17.6 Å². The summed E-state index contributed by atoms with van der Waals surface area (Å²) in [4.78, 5) is 27.1. The molecule has 98 valence electrons. The Kier molecular flexibility index (Phi) is 2.13. The number of oxazole rings is 1. The molecule has 0 fully saturated rings. The molecule has 3 rings (SSSR count). The van der Waals surface area contributed by atoms with Crippen molar-refractivity contribution in [2.45, 2.75) is 6.18 Å². The lowest BCUT2D eigenvalue weighted by atomic mass is 10.1. The number of alkyl halides is 3. The van der Waals surface area contributed by atoms with E-state index in [0.29, 0.717) is 0 Å². The predicted molar refractivity (Wildman–Crippen MR) is 60.0 cm³/mol. The van der Waals surface area contributed by atoms with E-state index in [1.807, 2.05) is 0 Å². The van der Waals surface area contributed by atoms with E-state index in [1.165, 1.54) is 0 Å². The number of H-pyrrole nitrogens is 2. The maximum atomic E-state index is 12.6. The van der Waals surface area contributed by atoms with E-state index < -0.39 is 23.1 Å². The van der Waals surface area contributed by atoms with Gasteiger partial charge in [0.2, 0.25) is 0 Å². The summed E-state index contributed by atoms with van der Waals surface area (Å²) in [6.45, 7) is 0. The molecule has 0 spiro atoms. The average molecular weight is 270 g/mol. The van der Waals surface area contributed by atoms with Crippen LogP contribution in [0.4, 0.5) is 13.2 Å². The number of fused-ring (bicyclic) bond motifs is 3. The zero-order chi connectivity index (χ0) is 13.8. The quantitative estimate of drug-likeness (QED) is 0.655. The van der Waals surface area contributed by atoms with E-state index in [4.69, 9.17) is 4.42 Å². The first-order valence-electron chi connectivity index (χ1n) is 5.12. The summed E-state index contributed by atoms with van der Waals surface area (Å²) in [5.74, 6) is -0.840. The lowest BCUT2D eigenvalue weighted by Crippen LogP contribution is -2.09. The molecule has 0 amide bonds. The number of aromatic amines is 2. The molecule has 8 heteroatoms. The first-order chi connectivity index (χ1) is 8.86. The third-order valence-electron chi connectivity index (χ3n) is 2.72. The number of nitrogens with one attached hydrogen (secondary N) is 2. The monoisotopic (exact) mass is 270 g/mol. The van der Waals surface area contributed by atoms with Gasteiger partial charge in [-0.25, -0.2) is 4.79 Å². The standard InChI is InChI=1S/C11H5F3N2O3/c12-11(13,14)4-1-2-5-6(3-4)15-9(17)7-8(5)19-10(18)16-7/h1-3H,(H,15,17)(H,16,18). The van der Waals surface area contributed by atoms with Gasteiger partial charge in [0.05, 0.1) is 11.1 Å². The molecular weight excluding hydrogens is 265 g/mol. The number of hydrogen-bond acceptors (Lipinski definition) is 3. The van der Waals surface area contributed by atoms with Crippen LogP contribution >= 0.6 is 0 Å². The van der Waals surface area contributed by atoms with Gasteiger partial charge in [-0.05, 0) is 18.2 Å². The third-order valence-corrected chi connectivity index (χ3v) is 2.72. The van der Waals surface area contributed by atoms with Crippen LogP contribution in [0.2, 0.25) is 0 Å². The van der Waals surface area contributed by atoms with Crippen LogP contribution in [-0.4, -0.2) is 9.97 Å². The van der Waals surface area contributed by atoms with E-state index in [9.17, 15) is 22.8 Å².